The van der Waals surface area contributed by atoms with Crippen molar-refractivity contribution >= 4 is 11.6 Å². The van der Waals surface area contributed by atoms with Gasteiger partial charge in [-0.2, -0.15) is 0 Å². The number of amides is 1. The molecule has 4 nitrogen and oxygen atoms in total. The van der Waals surface area contributed by atoms with Crippen molar-refractivity contribution in [2.24, 2.45) is 0 Å². The Balaban J connectivity index is 1.58. The molecule has 22 heavy (non-hydrogen) atoms. The number of benzene rings is 1. The molecule has 0 atom stereocenters. The van der Waals surface area contributed by atoms with E-state index >= 15 is 0 Å². The van der Waals surface area contributed by atoms with Gasteiger partial charge in [0.15, 0.2) is 0 Å². The first-order valence-corrected chi connectivity index (χ1v) is 7.95. The molecule has 1 aromatic carbocycles. The average Bonchev–Trinajstić information content (AvgIpc) is 2.58. The van der Waals surface area contributed by atoms with E-state index in [0.29, 0.717) is 5.56 Å². The quantitative estimate of drug-likeness (QED) is 0.905. The van der Waals surface area contributed by atoms with Gasteiger partial charge in [-0.15, -0.1) is 0 Å². The van der Waals surface area contributed by atoms with Crippen molar-refractivity contribution in [3.8, 4) is 0 Å². The number of piperidine rings is 1. The fourth-order valence-corrected chi connectivity index (χ4v) is 2.92. The summed E-state index contributed by atoms with van der Waals surface area (Å²) in [5.41, 5.74) is 2.73. The smallest absolute Gasteiger partial charge is 0.257 e. The second-order valence-electron chi connectivity index (χ2n) is 5.88. The number of nitrogens with one attached hydrogen (secondary N) is 2. The first-order chi connectivity index (χ1) is 10.8. The van der Waals surface area contributed by atoms with E-state index in [1.807, 2.05) is 12.1 Å². The summed E-state index contributed by atoms with van der Waals surface area (Å²) in [6.07, 6.45) is 7.30. The number of rotatable bonds is 4. The average molecular weight is 296 g/mol. The van der Waals surface area contributed by atoms with Crippen molar-refractivity contribution in [3.05, 3.63) is 59.9 Å². The van der Waals surface area contributed by atoms with Crippen molar-refractivity contribution in [1.29, 1.82) is 0 Å². The van der Waals surface area contributed by atoms with Crippen molar-refractivity contribution in [1.82, 2.24) is 4.98 Å². The number of quaternary nitrogens is 1. The number of hydrogen-bond donors (Lipinski definition) is 2. The molecule has 0 saturated carbocycles. The summed E-state index contributed by atoms with van der Waals surface area (Å²) in [5.74, 6) is -0.123. The van der Waals surface area contributed by atoms with Crippen LogP contribution in [0.1, 0.15) is 35.2 Å². The molecule has 1 aliphatic heterocycles. The molecular weight excluding hydrogens is 274 g/mol. The van der Waals surface area contributed by atoms with E-state index in [4.69, 9.17) is 0 Å². The molecule has 0 spiro atoms. The van der Waals surface area contributed by atoms with Crippen molar-refractivity contribution in [2.45, 2.75) is 25.8 Å². The van der Waals surface area contributed by atoms with E-state index < -0.39 is 0 Å². The van der Waals surface area contributed by atoms with Gasteiger partial charge in [0.2, 0.25) is 0 Å². The van der Waals surface area contributed by atoms with Gasteiger partial charge in [0.25, 0.3) is 5.91 Å². The highest BCUT2D eigenvalue weighted by Crippen LogP contribution is 2.11. The molecule has 0 unspecified atom stereocenters. The zero-order chi connectivity index (χ0) is 15.2. The van der Waals surface area contributed by atoms with E-state index in [0.717, 1.165) is 12.2 Å². The van der Waals surface area contributed by atoms with Crippen LogP contribution >= 0.6 is 0 Å². The highest BCUT2D eigenvalue weighted by atomic mass is 16.1. The Labute approximate surface area is 131 Å². The standard InChI is InChI=1S/C18H21N3O/c22-18(16-5-4-10-19-13-16)20-17-8-6-15(7-9-17)14-21-11-2-1-3-12-21/h4-10,13H,1-3,11-12,14H2,(H,20,22)/p+1. The molecular formula is C18H22N3O+. The lowest BCUT2D eigenvalue weighted by atomic mass is 10.1. The van der Waals surface area contributed by atoms with Gasteiger partial charge in [-0.1, -0.05) is 12.1 Å². The van der Waals surface area contributed by atoms with E-state index in [-0.39, 0.29) is 5.91 Å². The second kappa shape index (κ2) is 7.18. The maximum Gasteiger partial charge on any atom is 0.257 e. The number of likely N-dealkylation sites (tertiary alicyclic amines) is 1. The van der Waals surface area contributed by atoms with Gasteiger partial charge < -0.3 is 10.2 Å². The predicted molar refractivity (Wildman–Crippen MR) is 86.9 cm³/mol. The van der Waals surface area contributed by atoms with Gasteiger partial charge in [0.1, 0.15) is 6.54 Å². The van der Waals surface area contributed by atoms with Crippen LogP contribution < -0.4 is 10.2 Å². The largest absolute Gasteiger partial charge is 0.331 e. The number of anilines is 1. The van der Waals surface area contributed by atoms with Crippen LogP contribution in [0.2, 0.25) is 0 Å². The summed E-state index contributed by atoms with van der Waals surface area (Å²) in [7, 11) is 0. The fraction of sp³-hybridized carbons (Fsp3) is 0.333. The number of carbonyl (C=O) groups excluding carboxylic acids is 1. The number of nitrogens with zero attached hydrogens (tertiary/aromatic N) is 1. The molecule has 1 aliphatic rings. The molecule has 1 aromatic heterocycles. The van der Waals surface area contributed by atoms with Gasteiger partial charge in [0.05, 0.1) is 18.7 Å². The number of carbonyl (C=O) groups is 1. The minimum Gasteiger partial charge on any atom is -0.331 e. The summed E-state index contributed by atoms with van der Waals surface area (Å²) in [6.45, 7) is 3.63. The Morgan fingerprint density at radius 2 is 1.86 bits per heavy atom. The Kier molecular flexibility index (Phi) is 4.81. The first-order valence-electron chi connectivity index (χ1n) is 7.95. The molecule has 2 aromatic rings. The maximum atomic E-state index is 12.1. The monoisotopic (exact) mass is 296 g/mol. The molecule has 1 amide bonds. The molecule has 0 radical (unpaired) electrons. The third kappa shape index (κ3) is 3.92. The van der Waals surface area contributed by atoms with Crippen LogP contribution in [0.25, 0.3) is 0 Å². The molecule has 2 N–H and O–H groups in total. The minimum atomic E-state index is -0.123. The molecule has 3 rings (SSSR count). The second-order valence-corrected chi connectivity index (χ2v) is 5.88. The van der Waals surface area contributed by atoms with Gasteiger partial charge in [0, 0.05) is 23.6 Å². The highest BCUT2D eigenvalue weighted by Gasteiger charge is 2.13. The zero-order valence-corrected chi connectivity index (χ0v) is 12.7. The lowest BCUT2D eigenvalue weighted by Gasteiger charge is -2.23. The van der Waals surface area contributed by atoms with Gasteiger partial charge in [-0.05, 0) is 43.5 Å². The lowest BCUT2D eigenvalue weighted by Crippen LogP contribution is -3.11. The van der Waals surface area contributed by atoms with Crippen LogP contribution in [-0.2, 0) is 6.54 Å². The predicted octanol–water partition coefficient (Wildman–Crippen LogP) is 1.90. The van der Waals surface area contributed by atoms with E-state index in [9.17, 15) is 4.79 Å². The van der Waals surface area contributed by atoms with Crippen molar-refractivity contribution < 1.29 is 9.69 Å². The van der Waals surface area contributed by atoms with Crippen molar-refractivity contribution in [2.75, 3.05) is 18.4 Å². The summed E-state index contributed by atoms with van der Waals surface area (Å²) < 4.78 is 0. The summed E-state index contributed by atoms with van der Waals surface area (Å²) in [5, 5.41) is 2.90. The van der Waals surface area contributed by atoms with Crippen LogP contribution in [0.4, 0.5) is 5.69 Å². The number of aromatic nitrogens is 1. The van der Waals surface area contributed by atoms with Gasteiger partial charge in [-0.25, -0.2) is 0 Å². The normalized spacial score (nSPS) is 15.5. The Morgan fingerprint density at radius 3 is 2.55 bits per heavy atom. The van der Waals surface area contributed by atoms with Crippen LogP contribution in [-0.4, -0.2) is 24.0 Å². The van der Waals surface area contributed by atoms with Crippen molar-refractivity contribution in [3.63, 3.8) is 0 Å². The highest BCUT2D eigenvalue weighted by molar-refractivity contribution is 6.03. The molecule has 0 aliphatic carbocycles. The molecule has 2 heterocycles. The van der Waals surface area contributed by atoms with Crippen LogP contribution in [0.3, 0.4) is 0 Å². The van der Waals surface area contributed by atoms with Gasteiger partial charge in [-0.3, -0.25) is 9.78 Å². The molecule has 1 saturated heterocycles. The Morgan fingerprint density at radius 1 is 1.09 bits per heavy atom. The Hall–Kier alpha value is -2.20. The van der Waals surface area contributed by atoms with Crippen LogP contribution in [0, 0.1) is 0 Å². The third-order valence-corrected chi connectivity index (χ3v) is 4.15. The zero-order valence-electron chi connectivity index (χ0n) is 12.7. The number of pyridine rings is 1. The SMILES string of the molecule is O=C(Nc1ccc(C[NH+]2CCCCC2)cc1)c1cccnc1. The molecule has 4 heteroatoms. The summed E-state index contributed by atoms with van der Waals surface area (Å²) in [6, 6.07) is 11.7. The topological polar surface area (TPSA) is 46.4 Å². The van der Waals surface area contributed by atoms with E-state index in [1.54, 1.807) is 29.4 Å². The lowest BCUT2D eigenvalue weighted by molar-refractivity contribution is -0.918. The van der Waals surface area contributed by atoms with E-state index in [1.165, 1.54) is 37.9 Å². The number of hydrogen-bond acceptors (Lipinski definition) is 2. The minimum absolute atomic E-state index is 0.123. The molecule has 114 valence electrons. The summed E-state index contributed by atoms with van der Waals surface area (Å²) >= 11 is 0. The third-order valence-electron chi connectivity index (χ3n) is 4.15. The molecule has 0 bridgehead atoms. The Bertz CT molecular complexity index is 604. The van der Waals surface area contributed by atoms with E-state index in [2.05, 4.69) is 22.4 Å². The van der Waals surface area contributed by atoms with Crippen LogP contribution in [0.15, 0.2) is 48.8 Å². The van der Waals surface area contributed by atoms with Crippen LogP contribution in [0.5, 0.6) is 0 Å². The first kappa shape index (κ1) is 14.7. The van der Waals surface area contributed by atoms with Gasteiger partial charge >= 0.3 is 0 Å². The fourth-order valence-electron chi connectivity index (χ4n) is 2.92. The maximum absolute atomic E-state index is 12.1. The summed E-state index contributed by atoms with van der Waals surface area (Å²) in [4.78, 5) is 17.7. The molecule has 1 fully saturated rings.